The first-order valence-electron chi connectivity index (χ1n) is 5.25. The van der Waals surface area contributed by atoms with Gasteiger partial charge in [-0.3, -0.25) is 4.79 Å². The molecule has 0 aromatic heterocycles. The van der Waals surface area contributed by atoms with Crippen LogP contribution in [0.4, 0.5) is 10.1 Å². The number of carboxylic acid groups (broad SMARTS) is 1. The number of carboxylic acids is 1. The van der Waals surface area contributed by atoms with Gasteiger partial charge in [0.15, 0.2) is 0 Å². The minimum Gasteiger partial charge on any atom is -0.481 e. The fourth-order valence-electron chi connectivity index (χ4n) is 1.44. The van der Waals surface area contributed by atoms with E-state index in [9.17, 15) is 9.18 Å². The first kappa shape index (κ1) is 13.9. The van der Waals surface area contributed by atoms with Gasteiger partial charge in [0.2, 0.25) is 0 Å². The van der Waals surface area contributed by atoms with Crippen molar-refractivity contribution in [2.24, 2.45) is 0 Å². The van der Waals surface area contributed by atoms with Gasteiger partial charge in [-0.2, -0.15) is 5.26 Å². The summed E-state index contributed by atoms with van der Waals surface area (Å²) in [5, 5.41) is 20.3. The van der Waals surface area contributed by atoms with Crippen LogP contribution in [-0.2, 0) is 9.53 Å². The van der Waals surface area contributed by atoms with Gasteiger partial charge in [-0.05, 0) is 12.1 Å². The van der Waals surface area contributed by atoms with Crippen LogP contribution in [0.2, 0.25) is 0 Å². The Kier molecular flexibility index (Phi) is 5.08. The normalized spacial score (nSPS) is 11.6. The number of rotatable bonds is 6. The van der Waals surface area contributed by atoms with E-state index in [2.05, 4.69) is 5.32 Å². The van der Waals surface area contributed by atoms with Gasteiger partial charge in [-0.15, -0.1) is 0 Å². The van der Waals surface area contributed by atoms with Crippen LogP contribution >= 0.6 is 0 Å². The Morgan fingerprint density at radius 3 is 2.94 bits per heavy atom. The van der Waals surface area contributed by atoms with E-state index in [4.69, 9.17) is 15.1 Å². The molecule has 1 atom stereocenters. The van der Waals surface area contributed by atoms with Crippen LogP contribution in [0.3, 0.4) is 0 Å². The average molecular weight is 252 g/mol. The van der Waals surface area contributed by atoms with Crippen LogP contribution in [0, 0.1) is 17.1 Å². The highest BCUT2D eigenvalue weighted by atomic mass is 19.1. The van der Waals surface area contributed by atoms with Gasteiger partial charge < -0.3 is 15.2 Å². The molecular formula is C12H13FN2O3. The topological polar surface area (TPSA) is 82.3 Å². The van der Waals surface area contributed by atoms with Crippen molar-refractivity contribution in [3.8, 4) is 6.07 Å². The van der Waals surface area contributed by atoms with E-state index >= 15 is 0 Å². The highest BCUT2D eigenvalue weighted by Gasteiger charge is 2.13. The molecule has 6 heteroatoms. The van der Waals surface area contributed by atoms with E-state index in [-0.39, 0.29) is 18.5 Å². The van der Waals surface area contributed by atoms with Crippen LogP contribution in [0.25, 0.3) is 0 Å². The molecule has 0 spiro atoms. The predicted octanol–water partition coefficient (Wildman–Crippen LogP) is 1.60. The zero-order valence-corrected chi connectivity index (χ0v) is 9.81. The number of ether oxygens (including phenoxy) is 1. The highest BCUT2D eigenvalue weighted by molar-refractivity contribution is 5.67. The van der Waals surface area contributed by atoms with Gasteiger partial charge in [0.1, 0.15) is 17.4 Å². The van der Waals surface area contributed by atoms with Crippen LogP contribution in [0.5, 0.6) is 0 Å². The lowest BCUT2D eigenvalue weighted by Gasteiger charge is -2.15. The predicted molar refractivity (Wildman–Crippen MR) is 62.7 cm³/mol. The van der Waals surface area contributed by atoms with Crippen LogP contribution in [-0.4, -0.2) is 30.8 Å². The van der Waals surface area contributed by atoms with Crippen molar-refractivity contribution < 1.29 is 19.0 Å². The quantitative estimate of drug-likeness (QED) is 0.803. The van der Waals surface area contributed by atoms with E-state index in [1.807, 2.05) is 0 Å². The number of hydrogen-bond donors (Lipinski definition) is 2. The number of nitriles is 1. The van der Waals surface area contributed by atoms with Crippen molar-refractivity contribution in [3.05, 3.63) is 29.6 Å². The first-order valence-corrected chi connectivity index (χ1v) is 5.25. The van der Waals surface area contributed by atoms with Crippen molar-refractivity contribution in [2.45, 2.75) is 12.5 Å². The molecule has 1 aromatic rings. The maximum Gasteiger partial charge on any atom is 0.306 e. The van der Waals surface area contributed by atoms with E-state index in [0.717, 1.165) is 0 Å². The van der Waals surface area contributed by atoms with Crippen molar-refractivity contribution in [3.63, 3.8) is 0 Å². The molecule has 0 aliphatic carbocycles. The number of nitrogens with zero attached hydrogens (tertiary/aromatic N) is 1. The standard InChI is InChI=1S/C12H13FN2O3/c1-18-8(5-12(16)17)7-15-11-4-2-3-10(13)9(11)6-14/h2-4,8,15H,5,7H2,1H3,(H,16,17). The molecule has 96 valence electrons. The van der Waals surface area contributed by atoms with Gasteiger partial charge in [-0.25, -0.2) is 4.39 Å². The zero-order valence-electron chi connectivity index (χ0n) is 9.81. The number of nitrogens with one attached hydrogen (secondary N) is 1. The summed E-state index contributed by atoms with van der Waals surface area (Å²) in [5.74, 6) is -1.60. The Morgan fingerprint density at radius 2 is 2.39 bits per heavy atom. The van der Waals surface area contributed by atoms with E-state index in [1.165, 1.54) is 19.2 Å². The van der Waals surface area contributed by atoms with E-state index in [1.54, 1.807) is 12.1 Å². The molecule has 0 aliphatic rings. The maximum absolute atomic E-state index is 13.3. The van der Waals surface area contributed by atoms with E-state index < -0.39 is 17.9 Å². The Bertz CT molecular complexity index is 471. The molecule has 0 saturated heterocycles. The fraction of sp³-hybridized carbons (Fsp3) is 0.333. The SMILES string of the molecule is COC(CNc1cccc(F)c1C#N)CC(=O)O. The van der Waals surface area contributed by atoms with Crippen LogP contribution in [0.1, 0.15) is 12.0 Å². The Labute approximate surface area is 104 Å². The zero-order chi connectivity index (χ0) is 13.5. The molecule has 0 bridgehead atoms. The highest BCUT2D eigenvalue weighted by Crippen LogP contribution is 2.17. The number of carbonyl (C=O) groups is 1. The summed E-state index contributed by atoms with van der Waals surface area (Å²) in [7, 11) is 1.39. The molecule has 1 aromatic carbocycles. The summed E-state index contributed by atoms with van der Waals surface area (Å²) in [6.07, 6.45) is -0.710. The van der Waals surface area contributed by atoms with Gasteiger partial charge in [0, 0.05) is 13.7 Å². The van der Waals surface area contributed by atoms with Crippen molar-refractivity contribution in [2.75, 3.05) is 19.0 Å². The molecule has 2 N–H and O–H groups in total. The van der Waals surface area contributed by atoms with Crippen LogP contribution < -0.4 is 5.32 Å². The summed E-state index contributed by atoms with van der Waals surface area (Å²) in [6.45, 7) is 0.181. The molecule has 0 fully saturated rings. The van der Waals surface area contributed by atoms with Gasteiger partial charge in [-0.1, -0.05) is 6.07 Å². The summed E-state index contributed by atoms with van der Waals surface area (Å²) >= 11 is 0. The summed E-state index contributed by atoms with van der Waals surface area (Å²) in [5.41, 5.74) is 0.229. The molecule has 0 heterocycles. The lowest BCUT2D eigenvalue weighted by atomic mass is 10.1. The number of benzene rings is 1. The second-order valence-electron chi connectivity index (χ2n) is 3.61. The second-order valence-corrected chi connectivity index (χ2v) is 3.61. The van der Waals surface area contributed by atoms with Gasteiger partial charge in [0.05, 0.1) is 18.2 Å². The number of methoxy groups -OCH3 is 1. The lowest BCUT2D eigenvalue weighted by molar-refractivity contribution is -0.139. The molecule has 0 aliphatic heterocycles. The maximum atomic E-state index is 13.3. The summed E-state index contributed by atoms with van der Waals surface area (Å²) < 4.78 is 18.2. The smallest absolute Gasteiger partial charge is 0.306 e. The molecule has 18 heavy (non-hydrogen) atoms. The first-order chi connectivity index (χ1) is 8.58. The molecule has 5 nitrogen and oxygen atoms in total. The number of anilines is 1. The van der Waals surface area contributed by atoms with Crippen molar-refractivity contribution in [1.29, 1.82) is 5.26 Å². The van der Waals surface area contributed by atoms with Crippen molar-refractivity contribution >= 4 is 11.7 Å². The lowest BCUT2D eigenvalue weighted by Crippen LogP contribution is -2.25. The number of hydrogen-bond acceptors (Lipinski definition) is 4. The van der Waals surface area contributed by atoms with Crippen LogP contribution in [0.15, 0.2) is 18.2 Å². The third kappa shape index (κ3) is 3.71. The third-order valence-corrected chi connectivity index (χ3v) is 2.38. The Morgan fingerprint density at radius 1 is 1.67 bits per heavy atom. The van der Waals surface area contributed by atoms with E-state index in [0.29, 0.717) is 5.69 Å². The van der Waals surface area contributed by atoms with Gasteiger partial charge in [0.25, 0.3) is 0 Å². The molecule has 1 unspecified atom stereocenters. The summed E-state index contributed by atoms with van der Waals surface area (Å²) in [4.78, 5) is 10.5. The second kappa shape index (κ2) is 6.57. The minimum absolute atomic E-state index is 0.0947. The number of aliphatic carboxylic acids is 1. The molecule has 0 saturated carbocycles. The Balaban J connectivity index is 2.71. The molecular weight excluding hydrogens is 239 g/mol. The average Bonchev–Trinajstić information content (AvgIpc) is 2.34. The van der Waals surface area contributed by atoms with Gasteiger partial charge >= 0.3 is 5.97 Å². The molecule has 0 radical (unpaired) electrons. The monoisotopic (exact) mass is 252 g/mol. The molecule has 1 rings (SSSR count). The van der Waals surface area contributed by atoms with Crippen molar-refractivity contribution in [1.82, 2.24) is 0 Å². The third-order valence-electron chi connectivity index (χ3n) is 2.38. The Hall–Kier alpha value is -2.13. The largest absolute Gasteiger partial charge is 0.481 e. The summed E-state index contributed by atoms with van der Waals surface area (Å²) in [6, 6.07) is 5.96. The number of halogens is 1. The molecule has 0 amide bonds. The minimum atomic E-state index is -0.983. The fourth-order valence-corrected chi connectivity index (χ4v) is 1.44.